The molecule has 0 aromatic rings. The summed E-state index contributed by atoms with van der Waals surface area (Å²) in [6.45, 7) is 4.58. The van der Waals surface area contributed by atoms with Crippen LogP contribution in [0.1, 0.15) is 6.92 Å². The first kappa shape index (κ1) is 16.0. The van der Waals surface area contributed by atoms with Crippen LogP contribution in [0.15, 0.2) is 0 Å². The Labute approximate surface area is 97.2 Å². The molecule has 0 fully saturated rings. The molecule has 0 aliphatic carbocycles. The molecule has 0 nitrogen and oxygen atoms in total. The van der Waals surface area contributed by atoms with Gasteiger partial charge in [-0.25, -0.2) is 0 Å². The fraction of sp³-hybridized carbons (Fsp3) is 1.00. The third-order valence-corrected chi connectivity index (χ3v) is 12.6. The minimum Gasteiger partial charge on any atom is -0.126 e. The predicted octanol–water partition coefficient (Wildman–Crippen LogP) is 3.83. The molecule has 13 heavy (non-hydrogen) atoms. The van der Waals surface area contributed by atoms with Crippen LogP contribution in [0.3, 0.4) is 0 Å². The third kappa shape index (κ3) is 9.91. The lowest BCUT2D eigenvalue weighted by molar-refractivity contribution is 1.51. The Morgan fingerprint density at radius 3 is 2.38 bits per heavy atom. The van der Waals surface area contributed by atoms with Crippen LogP contribution in [0.4, 0.5) is 0 Å². The van der Waals surface area contributed by atoms with Crippen molar-refractivity contribution in [3.8, 4) is 0 Å². The molecule has 8 atom stereocenters. The molecule has 0 aromatic heterocycles. The van der Waals surface area contributed by atoms with Gasteiger partial charge in [-0.2, -0.15) is 0 Å². The summed E-state index contributed by atoms with van der Waals surface area (Å²) >= 11 is 0. The van der Waals surface area contributed by atoms with E-state index in [1.165, 1.54) is 12.1 Å². The molecule has 0 amide bonds. The third-order valence-electron chi connectivity index (χ3n) is 1.54. The maximum Gasteiger partial charge on any atom is 0.0323 e. The second-order valence-corrected chi connectivity index (χ2v) is 17.3. The molecular formula is C6H21P7. The van der Waals surface area contributed by atoms with Crippen LogP contribution in [0, 0.1) is 0 Å². The van der Waals surface area contributed by atoms with Gasteiger partial charge in [0.1, 0.15) is 0 Å². The Morgan fingerprint density at radius 2 is 1.92 bits per heavy atom. The molecule has 0 rings (SSSR count). The fourth-order valence-corrected chi connectivity index (χ4v) is 10.8. The van der Waals surface area contributed by atoms with E-state index < -0.39 is 0 Å². The van der Waals surface area contributed by atoms with E-state index in [1.807, 2.05) is 0 Å². The van der Waals surface area contributed by atoms with Gasteiger partial charge in [0.05, 0.1) is 0 Å². The predicted molar refractivity (Wildman–Crippen MR) is 90.2 cm³/mol. The van der Waals surface area contributed by atoms with Crippen molar-refractivity contribution in [2.45, 2.75) is 16.4 Å². The molecule has 0 aliphatic rings. The van der Waals surface area contributed by atoms with Gasteiger partial charge in [-0.05, 0) is 18.7 Å². The molecule has 0 heterocycles. The lowest BCUT2D eigenvalue weighted by atomic mass is 11.0. The highest BCUT2D eigenvalue weighted by Crippen LogP contribution is 2.58. The quantitative estimate of drug-likeness (QED) is 0.627. The first-order valence-electron chi connectivity index (χ1n) is 4.26. The zero-order valence-corrected chi connectivity index (χ0v) is 15.7. The second-order valence-electron chi connectivity index (χ2n) is 2.71. The maximum absolute atomic E-state index is 3.00. The Hall–Kier alpha value is 3.01. The summed E-state index contributed by atoms with van der Waals surface area (Å²) < 4.78 is 0.465. The number of hydrogen-bond donors (Lipinski definition) is 0. The Bertz CT molecular complexity index is 126. The van der Waals surface area contributed by atoms with Crippen LogP contribution in [0.2, 0.25) is 0 Å². The Balaban J connectivity index is 3.44. The SMILES string of the molecule is CCPC(P)PCPC(P)(P)PC. The van der Waals surface area contributed by atoms with E-state index in [-0.39, 0.29) is 0 Å². The van der Waals surface area contributed by atoms with Crippen molar-refractivity contribution >= 4 is 62.0 Å². The highest BCUT2D eigenvalue weighted by Gasteiger charge is 2.14. The summed E-state index contributed by atoms with van der Waals surface area (Å²) in [7, 11) is 13.4. The van der Waals surface area contributed by atoms with Crippen LogP contribution < -0.4 is 0 Å². The highest BCUT2D eigenvalue weighted by atomic mass is 31.2. The molecule has 0 bridgehead atoms. The standard InChI is InChI=1S/C6H21P7/c1-3-11-5(7)12-4-13-6(8,9)10-2/h5,10-13H,3-4,7-9H2,1-2H3. The molecule has 7 heteroatoms. The van der Waals surface area contributed by atoms with Crippen molar-refractivity contribution in [1.29, 1.82) is 0 Å². The van der Waals surface area contributed by atoms with Gasteiger partial charge in [-0.3, -0.25) is 0 Å². The van der Waals surface area contributed by atoms with Gasteiger partial charge in [-0.15, -0.1) is 53.5 Å². The minimum atomic E-state index is 0.465. The lowest BCUT2D eigenvalue weighted by Crippen LogP contribution is -1.92. The summed E-state index contributed by atoms with van der Waals surface area (Å²) in [5.41, 5.74) is 0. The average Bonchev–Trinajstić information content (AvgIpc) is 2.05. The van der Waals surface area contributed by atoms with E-state index in [9.17, 15) is 0 Å². The van der Waals surface area contributed by atoms with Gasteiger partial charge in [0.15, 0.2) is 0 Å². The van der Waals surface area contributed by atoms with Crippen LogP contribution in [0.25, 0.3) is 0 Å². The smallest absolute Gasteiger partial charge is 0.0323 e. The zero-order chi connectivity index (χ0) is 10.3. The van der Waals surface area contributed by atoms with Crippen molar-refractivity contribution in [2.75, 3.05) is 18.7 Å². The highest BCUT2D eigenvalue weighted by molar-refractivity contribution is 7.86. The van der Waals surface area contributed by atoms with Crippen molar-refractivity contribution < 1.29 is 0 Å². The minimum absolute atomic E-state index is 0.465. The van der Waals surface area contributed by atoms with Crippen molar-refractivity contribution in [1.82, 2.24) is 0 Å². The first-order chi connectivity index (χ1) is 6.02. The number of hydrogen-bond acceptors (Lipinski definition) is 0. The summed E-state index contributed by atoms with van der Waals surface area (Å²) in [4.78, 5) is 0. The van der Waals surface area contributed by atoms with Crippen LogP contribution >= 0.6 is 62.0 Å². The van der Waals surface area contributed by atoms with Gasteiger partial charge in [0.25, 0.3) is 0 Å². The second kappa shape index (κ2) is 9.08. The molecule has 0 aliphatic heterocycles. The molecule has 0 aromatic carbocycles. The van der Waals surface area contributed by atoms with Crippen molar-refractivity contribution in [2.24, 2.45) is 0 Å². The van der Waals surface area contributed by atoms with Gasteiger partial charge < -0.3 is 0 Å². The van der Waals surface area contributed by atoms with Crippen molar-refractivity contribution in [3.05, 3.63) is 0 Å². The maximum atomic E-state index is 3.00. The van der Waals surface area contributed by atoms with E-state index >= 15 is 0 Å². The molecule has 0 N–H and O–H groups in total. The topological polar surface area (TPSA) is 0 Å². The normalized spacial score (nSPS) is 18.2. The molecule has 0 radical (unpaired) electrons. The van der Waals surface area contributed by atoms with Crippen LogP contribution in [-0.2, 0) is 0 Å². The molecule has 0 spiro atoms. The van der Waals surface area contributed by atoms with Gasteiger partial charge in [-0.1, -0.05) is 15.5 Å². The molecule has 0 saturated heterocycles. The van der Waals surface area contributed by atoms with Crippen molar-refractivity contribution in [3.63, 3.8) is 0 Å². The summed E-state index contributed by atoms with van der Waals surface area (Å²) in [5, 5.41) is 0.906. The van der Waals surface area contributed by atoms with E-state index in [0.717, 1.165) is 39.5 Å². The molecule has 0 saturated carbocycles. The van der Waals surface area contributed by atoms with E-state index in [2.05, 4.69) is 41.3 Å². The molecular weight excluding hydrogens is 289 g/mol. The Morgan fingerprint density at radius 1 is 1.31 bits per heavy atom. The largest absolute Gasteiger partial charge is 0.126 e. The fourth-order valence-electron chi connectivity index (χ4n) is 0.688. The monoisotopic (exact) mass is 310 g/mol. The first-order valence-corrected chi connectivity index (χ1v) is 11.4. The van der Waals surface area contributed by atoms with Gasteiger partial charge in [0.2, 0.25) is 0 Å². The van der Waals surface area contributed by atoms with Gasteiger partial charge >= 0.3 is 0 Å². The van der Waals surface area contributed by atoms with Gasteiger partial charge in [0, 0.05) is 9.52 Å². The summed E-state index contributed by atoms with van der Waals surface area (Å²) in [6, 6.07) is 0. The van der Waals surface area contributed by atoms with E-state index in [4.69, 9.17) is 0 Å². The molecule has 80 valence electrons. The van der Waals surface area contributed by atoms with Crippen LogP contribution in [0.5, 0.6) is 0 Å². The average molecular weight is 310 g/mol. The van der Waals surface area contributed by atoms with Crippen LogP contribution in [-0.4, -0.2) is 28.3 Å². The number of rotatable bonds is 7. The van der Waals surface area contributed by atoms with E-state index in [0.29, 0.717) is 4.38 Å². The lowest BCUT2D eigenvalue weighted by Gasteiger charge is -2.23. The molecule has 8 unspecified atom stereocenters. The summed E-state index contributed by atoms with van der Waals surface area (Å²) in [6.07, 6.45) is 1.35. The summed E-state index contributed by atoms with van der Waals surface area (Å²) in [5.74, 6) is 1.43. The van der Waals surface area contributed by atoms with E-state index in [1.54, 1.807) is 0 Å². The zero-order valence-electron chi connectivity index (χ0n) is 8.22. The Kier molecular flexibility index (Phi) is 11.2.